The summed E-state index contributed by atoms with van der Waals surface area (Å²) in [5.41, 5.74) is 4.21. The quantitative estimate of drug-likeness (QED) is 0.670. The van der Waals surface area contributed by atoms with Crippen LogP contribution in [0, 0.1) is 5.92 Å². The maximum atomic E-state index is 12.8. The van der Waals surface area contributed by atoms with Gasteiger partial charge in [0.25, 0.3) is 5.56 Å². The van der Waals surface area contributed by atoms with Crippen molar-refractivity contribution in [3.8, 4) is 0 Å². The van der Waals surface area contributed by atoms with Gasteiger partial charge in [-0.1, -0.05) is 13.0 Å². The van der Waals surface area contributed by atoms with Crippen LogP contribution in [-0.2, 0) is 6.42 Å². The highest BCUT2D eigenvalue weighted by molar-refractivity contribution is 5.68. The van der Waals surface area contributed by atoms with Crippen LogP contribution in [-0.4, -0.2) is 63.0 Å². The van der Waals surface area contributed by atoms with Crippen LogP contribution in [0.15, 0.2) is 35.4 Å². The minimum atomic E-state index is 0.120. The van der Waals surface area contributed by atoms with Gasteiger partial charge in [0.05, 0.1) is 17.4 Å². The summed E-state index contributed by atoms with van der Waals surface area (Å²) in [6.07, 6.45) is 3.66. The van der Waals surface area contributed by atoms with E-state index in [0.29, 0.717) is 11.8 Å². The van der Waals surface area contributed by atoms with Gasteiger partial charge in [-0.25, -0.2) is 0 Å². The number of aromatic nitrogens is 5. The Kier molecular flexibility index (Phi) is 4.38. The summed E-state index contributed by atoms with van der Waals surface area (Å²) >= 11 is 0. The lowest BCUT2D eigenvalue weighted by atomic mass is 9.78. The maximum absolute atomic E-state index is 12.8. The molecule has 0 N–H and O–H groups in total. The average molecular weight is 393 g/mol. The van der Waals surface area contributed by atoms with Crippen LogP contribution in [0.25, 0.3) is 5.65 Å². The van der Waals surface area contributed by atoms with Gasteiger partial charge >= 0.3 is 0 Å². The lowest BCUT2D eigenvalue weighted by Gasteiger charge is -2.48. The van der Waals surface area contributed by atoms with Gasteiger partial charge in [-0.2, -0.15) is 9.61 Å². The number of aryl methyl sites for hydroxylation is 1. The molecule has 5 rings (SSSR count). The van der Waals surface area contributed by atoms with E-state index in [1.54, 1.807) is 16.9 Å². The highest BCUT2D eigenvalue weighted by Crippen LogP contribution is 2.42. The number of hydrogen-bond donors (Lipinski definition) is 0. The molecule has 152 valence electrons. The highest BCUT2D eigenvalue weighted by Gasteiger charge is 2.41. The van der Waals surface area contributed by atoms with Gasteiger partial charge in [0.1, 0.15) is 6.33 Å². The number of likely N-dealkylation sites (N-methyl/N-ethyl adjacent to an activating group) is 1. The fourth-order valence-electron chi connectivity index (χ4n) is 5.11. The fourth-order valence-corrected chi connectivity index (χ4v) is 5.11. The second-order valence-corrected chi connectivity index (χ2v) is 8.56. The van der Waals surface area contributed by atoms with Gasteiger partial charge in [-0.15, -0.1) is 10.2 Å². The SMILES string of the molecule is CCc1cc(N2C[C@H]3C[C@@H](C2)[C@H](CN(C)C)n2c3cccc2=O)c2nncn2n1. The molecule has 2 bridgehead atoms. The molecule has 1 saturated heterocycles. The van der Waals surface area contributed by atoms with Crippen molar-refractivity contribution in [3.05, 3.63) is 52.3 Å². The normalized spacial score (nSPS) is 23.6. The third-order valence-electron chi connectivity index (χ3n) is 6.35. The molecule has 0 saturated carbocycles. The molecule has 0 aliphatic carbocycles. The zero-order valence-corrected chi connectivity index (χ0v) is 17.2. The molecule has 8 nitrogen and oxygen atoms in total. The number of pyridine rings is 1. The van der Waals surface area contributed by atoms with Crippen molar-refractivity contribution in [3.63, 3.8) is 0 Å². The van der Waals surface area contributed by atoms with E-state index in [4.69, 9.17) is 0 Å². The summed E-state index contributed by atoms with van der Waals surface area (Å²) in [6, 6.07) is 8.06. The van der Waals surface area contributed by atoms with Crippen LogP contribution in [0.5, 0.6) is 0 Å². The standard InChI is InChI=1S/C21H27N7O/c1-4-16-9-18(21-23-22-13-27(21)24-16)26-10-14-8-15(11-26)19(12-25(2)3)28-17(14)6-5-7-20(28)29/h5-7,9,13-15,19H,4,8,10-12H2,1-3H3/t14-,15+,19+/m1/s1. The lowest BCUT2D eigenvalue weighted by Crippen LogP contribution is -2.51. The van der Waals surface area contributed by atoms with Crippen LogP contribution in [0.4, 0.5) is 5.69 Å². The number of piperidine rings is 1. The number of hydrogen-bond acceptors (Lipinski definition) is 6. The Labute approximate surface area is 169 Å². The van der Waals surface area contributed by atoms with Gasteiger partial charge < -0.3 is 14.4 Å². The second kappa shape index (κ2) is 6.95. The Hall–Kier alpha value is -2.74. The third kappa shape index (κ3) is 3.02. The van der Waals surface area contributed by atoms with Crippen molar-refractivity contribution in [2.45, 2.75) is 31.7 Å². The van der Waals surface area contributed by atoms with Crippen LogP contribution in [0.1, 0.15) is 36.7 Å². The molecule has 2 aliphatic heterocycles. The third-order valence-corrected chi connectivity index (χ3v) is 6.35. The molecule has 1 fully saturated rings. The fraction of sp³-hybridized carbons (Fsp3) is 0.524. The minimum Gasteiger partial charge on any atom is -0.367 e. The number of nitrogens with zero attached hydrogens (tertiary/aromatic N) is 7. The summed E-state index contributed by atoms with van der Waals surface area (Å²) in [7, 11) is 4.16. The van der Waals surface area contributed by atoms with Gasteiger partial charge in [-0.3, -0.25) is 4.79 Å². The first-order chi connectivity index (χ1) is 14.0. The van der Waals surface area contributed by atoms with Crippen molar-refractivity contribution in [2.75, 3.05) is 38.6 Å². The van der Waals surface area contributed by atoms with E-state index in [1.807, 2.05) is 6.07 Å². The first-order valence-electron chi connectivity index (χ1n) is 10.4. The number of anilines is 1. The van der Waals surface area contributed by atoms with E-state index < -0.39 is 0 Å². The first kappa shape index (κ1) is 18.3. The molecule has 29 heavy (non-hydrogen) atoms. The summed E-state index contributed by atoms with van der Waals surface area (Å²) < 4.78 is 3.85. The Morgan fingerprint density at radius 2 is 2.10 bits per heavy atom. The monoisotopic (exact) mass is 393 g/mol. The van der Waals surface area contributed by atoms with Gasteiger partial charge in [0, 0.05) is 37.3 Å². The lowest BCUT2D eigenvalue weighted by molar-refractivity contribution is 0.174. The Balaban J connectivity index is 1.60. The van der Waals surface area contributed by atoms with Crippen LogP contribution < -0.4 is 10.5 Å². The van der Waals surface area contributed by atoms with Crippen LogP contribution in [0.2, 0.25) is 0 Å². The van der Waals surface area contributed by atoms with Crippen molar-refractivity contribution >= 4 is 11.3 Å². The average Bonchev–Trinajstić information content (AvgIpc) is 3.18. The molecule has 3 aromatic heterocycles. The summed E-state index contributed by atoms with van der Waals surface area (Å²) in [4.78, 5) is 17.4. The largest absolute Gasteiger partial charge is 0.367 e. The van der Waals surface area contributed by atoms with Crippen molar-refractivity contribution in [1.29, 1.82) is 0 Å². The molecule has 3 aromatic rings. The minimum absolute atomic E-state index is 0.120. The van der Waals surface area contributed by atoms with Gasteiger partial charge in [0.15, 0.2) is 0 Å². The molecular weight excluding hydrogens is 366 g/mol. The van der Waals surface area contributed by atoms with Crippen molar-refractivity contribution < 1.29 is 0 Å². The van der Waals surface area contributed by atoms with E-state index in [0.717, 1.165) is 55.2 Å². The zero-order valence-electron chi connectivity index (χ0n) is 17.2. The molecule has 0 radical (unpaired) electrons. The topological polar surface area (TPSA) is 71.6 Å². The Morgan fingerprint density at radius 3 is 2.90 bits per heavy atom. The van der Waals surface area contributed by atoms with Gasteiger partial charge in [-0.05, 0) is 45.0 Å². The van der Waals surface area contributed by atoms with Crippen molar-refractivity contribution in [1.82, 2.24) is 29.3 Å². The van der Waals surface area contributed by atoms with E-state index in [1.165, 1.54) is 0 Å². The second-order valence-electron chi connectivity index (χ2n) is 8.56. The van der Waals surface area contributed by atoms with E-state index in [-0.39, 0.29) is 11.6 Å². The molecule has 0 amide bonds. The Morgan fingerprint density at radius 1 is 1.24 bits per heavy atom. The van der Waals surface area contributed by atoms with E-state index in [2.05, 4.69) is 62.8 Å². The molecule has 5 heterocycles. The molecule has 2 aliphatic rings. The smallest absolute Gasteiger partial charge is 0.251 e. The predicted octanol–water partition coefficient (Wildman–Crippen LogP) is 1.57. The molecular formula is C21H27N7O. The molecule has 0 unspecified atom stereocenters. The van der Waals surface area contributed by atoms with E-state index >= 15 is 0 Å². The van der Waals surface area contributed by atoms with Gasteiger partial charge in [0.2, 0.25) is 5.65 Å². The number of rotatable bonds is 4. The Bertz CT molecular complexity index is 1100. The zero-order chi connectivity index (χ0) is 20.1. The summed E-state index contributed by atoms with van der Waals surface area (Å²) in [6.45, 7) is 4.76. The first-order valence-corrected chi connectivity index (χ1v) is 10.4. The van der Waals surface area contributed by atoms with Crippen molar-refractivity contribution in [2.24, 2.45) is 5.92 Å². The molecule has 8 heteroatoms. The maximum Gasteiger partial charge on any atom is 0.251 e. The predicted molar refractivity (Wildman–Crippen MR) is 112 cm³/mol. The molecule has 0 aromatic carbocycles. The molecule has 0 spiro atoms. The highest BCUT2D eigenvalue weighted by atomic mass is 16.1. The summed E-state index contributed by atoms with van der Waals surface area (Å²) in [5, 5.41) is 13.0. The molecule has 3 atom stereocenters. The van der Waals surface area contributed by atoms with Crippen LogP contribution >= 0.6 is 0 Å². The van der Waals surface area contributed by atoms with Crippen LogP contribution in [0.3, 0.4) is 0 Å². The number of fused-ring (bicyclic) bond motifs is 5. The van der Waals surface area contributed by atoms with E-state index in [9.17, 15) is 4.79 Å². The summed E-state index contributed by atoms with van der Waals surface area (Å²) in [5.74, 6) is 0.743.